The van der Waals surface area contributed by atoms with Crippen LogP contribution in [0.2, 0.25) is 0 Å². The average Bonchev–Trinajstić information content (AvgIpc) is 3.16. The van der Waals surface area contributed by atoms with Crippen molar-refractivity contribution in [3.05, 3.63) is 48.0 Å². The zero-order valence-corrected chi connectivity index (χ0v) is 14.4. The third-order valence-corrected chi connectivity index (χ3v) is 3.63. The van der Waals surface area contributed by atoms with Gasteiger partial charge in [0, 0.05) is 36.5 Å². The molecule has 1 atom stereocenters. The number of nitrogens with one attached hydrogen (secondary N) is 3. The first kappa shape index (κ1) is 16.7. The van der Waals surface area contributed by atoms with Crippen LogP contribution in [0.15, 0.2) is 36.7 Å². The Balaban J connectivity index is 1.59. The normalized spacial score (nSPS) is 12.0. The van der Waals surface area contributed by atoms with Gasteiger partial charge in [-0.15, -0.1) is 0 Å². The summed E-state index contributed by atoms with van der Waals surface area (Å²) in [5, 5.41) is 17.1. The quantitative estimate of drug-likeness (QED) is 0.664. The highest BCUT2D eigenvalue weighted by Gasteiger charge is 2.11. The molecule has 0 aliphatic heterocycles. The van der Waals surface area contributed by atoms with Crippen molar-refractivity contribution in [2.24, 2.45) is 7.05 Å². The van der Waals surface area contributed by atoms with E-state index in [0.29, 0.717) is 17.9 Å². The molecule has 0 saturated heterocycles. The van der Waals surface area contributed by atoms with Gasteiger partial charge in [0.25, 0.3) is 0 Å². The van der Waals surface area contributed by atoms with Gasteiger partial charge in [0.1, 0.15) is 6.33 Å². The first-order valence-corrected chi connectivity index (χ1v) is 8.04. The second-order valence-electron chi connectivity index (χ2n) is 6.07. The van der Waals surface area contributed by atoms with Crippen molar-refractivity contribution >= 4 is 11.7 Å². The molecular weight excluding hydrogens is 318 g/mol. The number of benzene rings is 1. The van der Waals surface area contributed by atoms with Crippen LogP contribution in [0.3, 0.4) is 0 Å². The van der Waals surface area contributed by atoms with Gasteiger partial charge in [-0.25, -0.2) is 9.78 Å². The molecule has 0 radical (unpaired) electrons. The molecular formula is C17H21N7O. The summed E-state index contributed by atoms with van der Waals surface area (Å²) < 4.78 is 1.64. The van der Waals surface area contributed by atoms with E-state index in [-0.39, 0.29) is 12.1 Å². The molecule has 130 valence electrons. The van der Waals surface area contributed by atoms with E-state index in [9.17, 15) is 4.79 Å². The number of amides is 2. The van der Waals surface area contributed by atoms with Gasteiger partial charge in [-0.3, -0.25) is 9.78 Å². The number of hydrogen-bond donors (Lipinski definition) is 3. The molecule has 0 aliphatic rings. The number of anilines is 1. The third kappa shape index (κ3) is 4.43. The summed E-state index contributed by atoms with van der Waals surface area (Å²) in [4.78, 5) is 16.4. The van der Waals surface area contributed by atoms with Gasteiger partial charge in [0.2, 0.25) is 0 Å². The van der Waals surface area contributed by atoms with Crippen LogP contribution in [0.5, 0.6) is 0 Å². The van der Waals surface area contributed by atoms with E-state index in [0.717, 1.165) is 17.0 Å². The zero-order chi connectivity index (χ0) is 17.8. The Bertz CT molecular complexity index is 867. The highest BCUT2D eigenvalue weighted by atomic mass is 16.2. The van der Waals surface area contributed by atoms with Crippen LogP contribution in [-0.2, 0) is 13.5 Å². The molecule has 3 rings (SSSR count). The van der Waals surface area contributed by atoms with Gasteiger partial charge in [-0.1, -0.05) is 12.1 Å². The number of urea groups is 1. The Morgan fingerprint density at radius 1 is 1.36 bits per heavy atom. The summed E-state index contributed by atoms with van der Waals surface area (Å²) in [6.45, 7) is 3.89. The number of hydrogen-bond acceptors (Lipinski definition) is 4. The van der Waals surface area contributed by atoms with E-state index in [4.69, 9.17) is 0 Å². The summed E-state index contributed by atoms with van der Waals surface area (Å²) in [5.41, 5.74) is 3.46. The van der Waals surface area contributed by atoms with E-state index in [1.165, 1.54) is 0 Å². The maximum Gasteiger partial charge on any atom is 0.319 e. The highest BCUT2D eigenvalue weighted by Crippen LogP contribution is 2.18. The Labute approximate surface area is 145 Å². The van der Waals surface area contributed by atoms with Crippen molar-refractivity contribution in [2.75, 3.05) is 5.32 Å². The standard InChI is InChI=1S/C17H21N7O/c1-11(7-15-8-12(2)21-22-15)19-17(25)20-14-6-4-5-13(9-14)16-18-10-24(3)23-16/h4-6,8-11H,7H2,1-3H3,(H,21,22)(H2,19,20,25)/t11-/m0/s1. The molecule has 3 N–H and O–H groups in total. The minimum absolute atomic E-state index is 0.0386. The lowest BCUT2D eigenvalue weighted by Crippen LogP contribution is -2.37. The maximum atomic E-state index is 12.2. The molecule has 2 amide bonds. The van der Waals surface area contributed by atoms with E-state index in [2.05, 4.69) is 30.9 Å². The molecule has 0 bridgehead atoms. The van der Waals surface area contributed by atoms with Crippen molar-refractivity contribution in [3.8, 4) is 11.4 Å². The average molecular weight is 339 g/mol. The van der Waals surface area contributed by atoms with E-state index >= 15 is 0 Å². The smallest absolute Gasteiger partial charge is 0.319 e. The van der Waals surface area contributed by atoms with Gasteiger partial charge >= 0.3 is 6.03 Å². The number of aromatic nitrogens is 5. The molecule has 2 heterocycles. The Morgan fingerprint density at radius 2 is 2.20 bits per heavy atom. The predicted octanol–water partition coefficient (Wildman–Crippen LogP) is 2.27. The summed E-state index contributed by atoms with van der Waals surface area (Å²) >= 11 is 0. The van der Waals surface area contributed by atoms with E-state index in [1.807, 2.05) is 51.2 Å². The second-order valence-corrected chi connectivity index (χ2v) is 6.07. The van der Waals surface area contributed by atoms with Crippen LogP contribution in [0, 0.1) is 6.92 Å². The second kappa shape index (κ2) is 7.16. The van der Waals surface area contributed by atoms with Crippen LogP contribution in [0.25, 0.3) is 11.4 Å². The van der Waals surface area contributed by atoms with Gasteiger partial charge < -0.3 is 10.6 Å². The minimum Gasteiger partial charge on any atom is -0.335 e. The fourth-order valence-corrected chi connectivity index (χ4v) is 2.54. The summed E-state index contributed by atoms with van der Waals surface area (Å²) in [7, 11) is 1.81. The highest BCUT2D eigenvalue weighted by molar-refractivity contribution is 5.90. The fraction of sp³-hybridized carbons (Fsp3) is 0.294. The molecule has 0 spiro atoms. The lowest BCUT2D eigenvalue weighted by atomic mass is 10.2. The molecule has 0 aliphatic carbocycles. The Hall–Kier alpha value is -3.16. The number of nitrogens with zero attached hydrogens (tertiary/aromatic N) is 4. The first-order chi connectivity index (χ1) is 12.0. The Morgan fingerprint density at radius 3 is 2.88 bits per heavy atom. The number of H-pyrrole nitrogens is 1. The molecule has 3 aromatic rings. The van der Waals surface area contributed by atoms with Gasteiger partial charge in [-0.05, 0) is 32.0 Å². The fourth-order valence-electron chi connectivity index (χ4n) is 2.54. The monoisotopic (exact) mass is 339 g/mol. The minimum atomic E-state index is -0.258. The van der Waals surface area contributed by atoms with E-state index < -0.39 is 0 Å². The molecule has 1 aromatic carbocycles. The van der Waals surface area contributed by atoms with Crippen LogP contribution < -0.4 is 10.6 Å². The zero-order valence-electron chi connectivity index (χ0n) is 14.4. The van der Waals surface area contributed by atoms with Crippen LogP contribution in [0.1, 0.15) is 18.3 Å². The van der Waals surface area contributed by atoms with Crippen LogP contribution in [0.4, 0.5) is 10.5 Å². The molecule has 0 unspecified atom stereocenters. The number of aromatic amines is 1. The van der Waals surface area contributed by atoms with Crippen molar-refractivity contribution in [2.45, 2.75) is 26.3 Å². The third-order valence-electron chi connectivity index (χ3n) is 3.63. The van der Waals surface area contributed by atoms with Crippen LogP contribution >= 0.6 is 0 Å². The molecule has 25 heavy (non-hydrogen) atoms. The lowest BCUT2D eigenvalue weighted by molar-refractivity contribution is 0.249. The maximum absolute atomic E-state index is 12.2. The van der Waals surface area contributed by atoms with Crippen molar-refractivity contribution in [1.82, 2.24) is 30.3 Å². The number of rotatable bonds is 5. The number of carbonyl (C=O) groups is 1. The molecule has 8 heteroatoms. The first-order valence-electron chi connectivity index (χ1n) is 8.04. The topological polar surface area (TPSA) is 101 Å². The number of carbonyl (C=O) groups excluding carboxylic acids is 1. The van der Waals surface area contributed by atoms with Gasteiger partial charge in [0.15, 0.2) is 5.82 Å². The lowest BCUT2D eigenvalue weighted by Gasteiger charge is -2.13. The van der Waals surface area contributed by atoms with Gasteiger partial charge in [-0.2, -0.15) is 10.2 Å². The summed E-state index contributed by atoms with van der Waals surface area (Å²) in [6.07, 6.45) is 2.30. The van der Waals surface area contributed by atoms with Crippen molar-refractivity contribution in [3.63, 3.8) is 0 Å². The van der Waals surface area contributed by atoms with Crippen molar-refractivity contribution in [1.29, 1.82) is 0 Å². The van der Waals surface area contributed by atoms with Gasteiger partial charge in [0.05, 0.1) is 5.69 Å². The summed E-state index contributed by atoms with van der Waals surface area (Å²) in [6, 6.07) is 9.11. The SMILES string of the molecule is Cc1cc(C[C@H](C)NC(=O)Nc2cccc(-c3ncn(C)n3)c2)n[nH]1. The molecule has 2 aromatic heterocycles. The molecule has 0 saturated carbocycles. The predicted molar refractivity (Wildman–Crippen MR) is 95.1 cm³/mol. The van der Waals surface area contributed by atoms with E-state index in [1.54, 1.807) is 11.0 Å². The Kier molecular flexibility index (Phi) is 4.78. The van der Waals surface area contributed by atoms with Crippen molar-refractivity contribution < 1.29 is 4.79 Å². The largest absolute Gasteiger partial charge is 0.335 e. The molecule has 0 fully saturated rings. The molecule has 8 nitrogen and oxygen atoms in total. The number of aryl methyl sites for hydroxylation is 2. The summed E-state index contributed by atoms with van der Waals surface area (Å²) in [5.74, 6) is 0.619. The van der Waals surface area contributed by atoms with Crippen LogP contribution in [-0.4, -0.2) is 37.0 Å².